The summed E-state index contributed by atoms with van der Waals surface area (Å²) >= 11 is 15.7. The molecular weight excluding hydrogens is 347 g/mol. The summed E-state index contributed by atoms with van der Waals surface area (Å²) in [6, 6.07) is 11.3. The Hall–Kier alpha value is -0.580. The first-order chi connectivity index (χ1) is 9.02. The highest BCUT2D eigenvalue weighted by atomic mass is 79.9. The molecule has 100 valence electrons. The van der Waals surface area contributed by atoms with Gasteiger partial charge in [0.1, 0.15) is 0 Å². The van der Waals surface area contributed by atoms with Crippen LogP contribution in [0.3, 0.4) is 0 Å². The lowest BCUT2D eigenvalue weighted by atomic mass is 9.98. The van der Waals surface area contributed by atoms with Gasteiger partial charge < -0.3 is 0 Å². The molecule has 0 saturated carbocycles. The highest BCUT2D eigenvalue weighted by molar-refractivity contribution is 9.10. The quantitative estimate of drug-likeness (QED) is 0.620. The van der Waals surface area contributed by atoms with E-state index in [1.807, 2.05) is 43.3 Å². The second-order valence-corrected chi connectivity index (χ2v) is 5.97. The first-order valence-electron chi connectivity index (χ1n) is 5.70. The molecule has 0 amide bonds. The number of aryl methyl sites for hydroxylation is 1. The summed E-state index contributed by atoms with van der Waals surface area (Å²) in [6.07, 6.45) is 0. The van der Waals surface area contributed by atoms with Gasteiger partial charge in [0.05, 0.1) is 6.04 Å². The van der Waals surface area contributed by atoms with Crippen LogP contribution in [0.25, 0.3) is 0 Å². The van der Waals surface area contributed by atoms with Crippen LogP contribution in [0, 0.1) is 6.92 Å². The Morgan fingerprint density at radius 1 is 1.16 bits per heavy atom. The van der Waals surface area contributed by atoms with E-state index in [0.29, 0.717) is 5.02 Å². The molecule has 3 N–H and O–H groups in total. The van der Waals surface area contributed by atoms with Gasteiger partial charge in [-0.3, -0.25) is 5.84 Å². The number of benzene rings is 2. The molecule has 0 saturated heterocycles. The van der Waals surface area contributed by atoms with Crippen molar-refractivity contribution in [2.75, 3.05) is 0 Å². The van der Waals surface area contributed by atoms with E-state index in [4.69, 9.17) is 29.0 Å². The predicted molar refractivity (Wildman–Crippen MR) is 84.5 cm³/mol. The van der Waals surface area contributed by atoms with Crippen molar-refractivity contribution in [2.24, 2.45) is 5.84 Å². The van der Waals surface area contributed by atoms with Gasteiger partial charge in [-0.2, -0.15) is 0 Å². The van der Waals surface area contributed by atoms with E-state index in [-0.39, 0.29) is 6.04 Å². The number of hydrazine groups is 1. The molecule has 0 radical (unpaired) electrons. The van der Waals surface area contributed by atoms with Crippen LogP contribution >= 0.6 is 39.1 Å². The lowest BCUT2D eigenvalue weighted by molar-refractivity contribution is 0.634. The number of nitrogens with two attached hydrogens (primary N) is 1. The van der Waals surface area contributed by atoms with Gasteiger partial charge in [0.25, 0.3) is 0 Å². The number of hydrogen-bond donors (Lipinski definition) is 2. The third-order valence-corrected chi connectivity index (χ3v) is 4.33. The smallest absolute Gasteiger partial charge is 0.0722 e. The Morgan fingerprint density at radius 2 is 1.89 bits per heavy atom. The Labute approximate surface area is 131 Å². The van der Waals surface area contributed by atoms with E-state index in [9.17, 15) is 0 Å². The molecule has 0 aliphatic carbocycles. The zero-order valence-corrected chi connectivity index (χ0v) is 13.4. The molecular formula is C14H13BrCl2N2. The SMILES string of the molecule is Cc1ccc(C(NN)c2cc(Cl)ccc2Br)cc1Cl. The van der Waals surface area contributed by atoms with Crippen LogP contribution in [0.5, 0.6) is 0 Å². The number of halogens is 3. The van der Waals surface area contributed by atoms with Crippen LogP contribution < -0.4 is 11.3 Å². The lowest BCUT2D eigenvalue weighted by Gasteiger charge is -2.19. The summed E-state index contributed by atoms with van der Waals surface area (Å²) in [5.41, 5.74) is 5.79. The van der Waals surface area contributed by atoms with Gasteiger partial charge in [0, 0.05) is 14.5 Å². The van der Waals surface area contributed by atoms with Gasteiger partial charge in [-0.05, 0) is 47.9 Å². The number of hydrogen-bond acceptors (Lipinski definition) is 2. The molecule has 1 unspecified atom stereocenters. The van der Waals surface area contributed by atoms with Crippen LogP contribution in [-0.2, 0) is 0 Å². The van der Waals surface area contributed by atoms with Gasteiger partial charge in [0.2, 0.25) is 0 Å². The van der Waals surface area contributed by atoms with Gasteiger partial charge in [-0.25, -0.2) is 5.43 Å². The Bertz CT molecular complexity index is 602. The molecule has 0 spiro atoms. The van der Waals surface area contributed by atoms with Crippen molar-refractivity contribution in [2.45, 2.75) is 13.0 Å². The first kappa shape index (κ1) is 14.8. The van der Waals surface area contributed by atoms with Crippen LogP contribution in [0.15, 0.2) is 40.9 Å². The predicted octanol–water partition coefficient (Wildman–Crippen LogP) is 4.62. The lowest BCUT2D eigenvalue weighted by Crippen LogP contribution is -2.29. The number of rotatable bonds is 3. The van der Waals surface area contributed by atoms with Crippen molar-refractivity contribution in [1.29, 1.82) is 0 Å². The molecule has 0 aromatic heterocycles. The summed E-state index contributed by atoms with van der Waals surface area (Å²) < 4.78 is 0.941. The molecule has 2 aromatic rings. The zero-order valence-electron chi connectivity index (χ0n) is 10.3. The van der Waals surface area contributed by atoms with E-state index < -0.39 is 0 Å². The highest BCUT2D eigenvalue weighted by Gasteiger charge is 2.16. The normalized spacial score (nSPS) is 12.5. The van der Waals surface area contributed by atoms with E-state index in [0.717, 1.165) is 26.2 Å². The van der Waals surface area contributed by atoms with Crippen molar-refractivity contribution in [3.63, 3.8) is 0 Å². The molecule has 0 heterocycles. The van der Waals surface area contributed by atoms with Crippen LogP contribution in [0.2, 0.25) is 10.0 Å². The maximum atomic E-state index is 6.17. The maximum absolute atomic E-state index is 6.17. The van der Waals surface area contributed by atoms with Crippen molar-refractivity contribution >= 4 is 39.1 Å². The second kappa shape index (κ2) is 6.25. The van der Waals surface area contributed by atoms with E-state index in [1.54, 1.807) is 0 Å². The molecule has 0 bridgehead atoms. The monoisotopic (exact) mass is 358 g/mol. The van der Waals surface area contributed by atoms with Gasteiger partial charge >= 0.3 is 0 Å². The largest absolute Gasteiger partial charge is 0.271 e. The van der Waals surface area contributed by atoms with Crippen LogP contribution in [0.4, 0.5) is 0 Å². The minimum absolute atomic E-state index is 0.175. The van der Waals surface area contributed by atoms with Gasteiger partial charge in [0.15, 0.2) is 0 Å². The zero-order chi connectivity index (χ0) is 14.0. The standard InChI is InChI=1S/C14H13BrCl2N2/c1-8-2-3-9(6-13(8)17)14(19-18)11-7-10(16)4-5-12(11)15/h2-7,14,19H,18H2,1H3. The number of nitrogens with one attached hydrogen (secondary N) is 1. The van der Waals surface area contributed by atoms with Crippen molar-refractivity contribution < 1.29 is 0 Å². The van der Waals surface area contributed by atoms with Crippen molar-refractivity contribution in [1.82, 2.24) is 5.43 Å². The highest BCUT2D eigenvalue weighted by Crippen LogP contribution is 2.32. The molecule has 0 aliphatic heterocycles. The third kappa shape index (κ3) is 3.30. The van der Waals surface area contributed by atoms with Crippen molar-refractivity contribution in [3.05, 3.63) is 67.6 Å². The molecule has 2 aromatic carbocycles. The molecule has 0 fully saturated rings. The molecule has 19 heavy (non-hydrogen) atoms. The molecule has 2 nitrogen and oxygen atoms in total. The molecule has 1 atom stereocenters. The fourth-order valence-electron chi connectivity index (χ4n) is 1.89. The molecule has 2 rings (SSSR count). The second-order valence-electron chi connectivity index (χ2n) is 4.27. The van der Waals surface area contributed by atoms with E-state index in [2.05, 4.69) is 21.4 Å². The summed E-state index contributed by atoms with van der Waals surface area (Å²) in [4.78, 5) is 0. The average Bonchev–Trinajstić information content (AvgIpc) is 2.38. The van der Waals surface area contributed by atoms with E-state index >= 15 is 0 Å². The topological polar surface area (TPSA) is 38.0 Å². The van der Waals surface area contributed by atoms with Crippen LogP contribution in [0.1, 0.15) is 22.7 Å². The summed E-state index contributed by atoms with van der Waals surface area (Å²) in [5.74, 6) is 5.69. The van der Waals surface area contributed by atoms with Crippen LogP contribution in [-0.4, -0.2) is 0 Å². The Morgan fingerprint density at radius 3 is 2.53 bits per heavy atom. The maximum Gasteiger partial charge on any atom is 0.0722 e. The molecule has 0 aliphatic rings. The Kier molecular flexibility index (Phi) is 4.87. The first-order valence-corrected chi connectivity index (χ1v) is 7.25. The summed E-state index contributed by atoms with van der Waals surface area (Å²) in [5, 5.41) is 1.38. The summed E-state index contributed by atoms with van der Waals surface area (Å²) in [6.45, 7) is 1.96. The third-order valence-electron chi connectivity index (χ3n) is 2.96. The Balaban J connectivity index is 2.49. The van der Waals surface area contributed by atoms with Gasteiger partial charge in [-0.1, -0.05) is 51.3 Å². The fourth-order valence-corrected chi connectivity index (χ4v) is 2.74. The summed E-state index contributed by atoms with van der Waals surface area (Å²) in [7, 11) is 0. The fraction of sp³-hybridized carbons (Fsp3) is 0.143. The van der Waals surface area contributed by atoms with E-state index in [1.165, 1.54) is 0 Å². The minimum Gasteiger partial charge on any atom is -0.271 e. The average molecular weight is 360 g/mol. The van der Waals surface area contributed by atoms with Gasteiger partial charge in [-0.15, -0.1) is 0 Å². The minimum atomic E-state index is -0.175. The molecule has 5 heteroatoms. The van der Waals surface area contributed by atoms with Crippen molar-refractivity contribution in [3.8, 4) is 0 Å².